The molecule has 70 heavy (non-hydrogen) atoms. The molecule has 0 bridgehead atoms. The van der Waals surface area contributed by atoms with Crippen LogP contribution in [-0.4, -0.2) is 106 Å². The number of ether oxygens (including phenoxy) is 2. The van der Waals surface area contributed by atoms with Crippen molar-refractivity contribution in [1.82, 2.24) is 24.6 Å². The molecule has 3 saturated heterocycles. The Balaban J connectivity index is 0.807. The number of H-pyrrole nitrogens is 1. The van der Waals surface area contributed by atoms with Crippen molar-refractivity contribution in [1.29, 1.82) is 0 Å². The lowest BCUT2D eigenvalue weighted by Gasteiger charge is -2.56. The summed E-state index contributed by atoms with van der Waals surface area (Å²) in [4.78, 5) is 41.9. The van der Waals surface area contributed by atoms with Crippen molar-refractivity contribution >= 4 is 53.9 Å². The minimum atomic E-state index is -4.65. The molecule has 2 saturated carbocycles. The average molecular weight is 994 g/mol. The zero-order chi connectivity index (χ0) is 48.6. The first-order valence-electron chi connectivity index (χ1n) is 24.8. The number of benzene rings is 2. The van der Waals surface area contributed by atoms with E-state index < -0.39 is 41.2 Å². The molecular formula is C51H63N9O8S2. The van der Waals surface area contributed by atoms with E-state index in [2.05, 4.69) is 72.9 Å². The van der Waals surface area contributed by atoms with E-state index in [0.29, 0.717) is 66.1 Å². The van der Waals surface area contributed by atoms with Gasteiger partial charge in [-0.1, -0.05) is 38.1 Å². The second-order valence-corrected chi connectivity index (χ2v) is 24.5. The van der Waals surface area contributed by atoms with Gasteiger partial charge >= 0.3 is 5.69 Å². The molecule has 3 aromatic heterocycles. The lowest BCUT2D eigenvalue weighted by atomic mass is 9.59. The van der Waals surface area contributed by atoms with E-state index >= 15 is 0 Å². The first kappa shape index (κ1) is 48.0. The SMILES string of the molecule is CC(C)c1ccccc1[C@@H]1CCCN1C1CC2(CCN(c3ccc(C(=O)NS(=O)(=O)c4cnc(NCC5CCC(N=S6(=O)CCOCC6)CC5)c([N+](=O)[O-])c4)c(Oc4cnc5[nH]ccc5c4)c3)CC2)C1. The van der Waals surface area contributed by atoms with Gasteiger partial charge in [0, 0.05) is 61.1 Å². The van der Waals surface area contributed by atoms with Crippen LogP contribution in [0.5, 0.6) is 11.5 Å². The molecule has 2 aromatic carbocycles. The summed E-state index contributed by atoms with van der Waals surface area (Å²) in [6.07, 6.45) is 14.3. The minimum Gasteiger partial charge on any atom is -0.455 e. The number of amides is 1. The smallest absolute Gasteiger partial charge is 0.312 e. The molecule has 3 N–H and O–H groups in total. The van der Waals surface area contributed by atoms with Gasteiger partial charge in [0.2, 0.25) is 5.82 Å². The fourth-order valence-corrected chi connectivity index (χ4v) is 14.4. The maximum atomic E-state index is 14.1. The number of likely N-dealkylation sites (tertiary alicyclic amines) is 1. The van der Waals surface area contributed by atoms with Gasteiger partial charge in [-0.15, -0.1) is 0 Å². The quantitative estimate of drug-likeness (QED) is 0.0701. The molecule has 5 aliphatic rings. The second kappa shape index (κ2) is 19.9. The number of rotatable bonds is 14. The highest BCUT2D eigenvalue weighted by Crippen LogP contribution is 2.54. The van der Waals surface area contributed by atoms with Crippen LogP contribution in [0.3, 0.4) is 0 Å². The summed E-state index contributed by atoms with van der Waals surface area (Å²) >= 11 is 0. The molecule has 3 aliphatic heterocycles. The van der Waals surface area contributed by atoms with E-state index in [9.17, 15) is 27.5 Å². The van der Waals surface area contributed by atoms with Crippen LogP contribution in [0.1, 0.15) is 112 Å². The Hall–Kier alpha value is -5.63. The number of aromatic amines is 1. The summed E-state index contributed by atoms with van der Waals surface area (Å²) in [7, 11) is -6.90. The van der Waals surface area contributed by atoms with Crippen LogP contribution in [0.2, 0.25) is 0 Å². The van der Waals surface area contributed by atoms with Crippen LogP contribution < -0.4 is 19.7 Å². The highest BCUT2D eigenvalue weighted by Gasteiger charge is 2.50. The van der Waals surface area contributed by atoms with Gasteiger partial charge in [0.15, 0.2) is 0 Å². The summed E-state index contributed by atoms with van der Waals surface area (Å²) < 4.78 is 59.3. The third kappa shape index (κ3) is 10.3. The van der Waals surface area contributed by atoms with Gasteiger partial charge in [0.1, 0.15) is 22.0 Å². The van der Waals surface area contributed by atoms with E-state index in [1.165, 1.54) is 43.0 Å². The van der Waals surface area contributed by atoms with Gasteiger partial charge in [-0.3, -0.25) is 19.8 Å². The zero-order valence-electron chi connectivity index (χ0n) is 39.9. The zero-order valence-corrected chi connectivity index (χ0v) is 41.5. The van der Waals surface area contributed by atoms with E-state index in [1.54, 1.807) is 24.4 Å². The molecular weight excluding hydrogens is 931 g/mol. The fourth-order valence-electron chi connectivity index (χ4n) is 11.6. The number of carbonyl (C=O) groups is 1. The normalized spacial score (nSPS) is 22.7. The molecule has 6 heterocycles. The summed E-state index contributed by atoms with van der Waals surface area (Å²) in [6.45, 7) is 8.68. The number of hydrogen-bond acceptors (Lipinski definition) is 14. The summed E-state index contributed by atoms with van der Waals surface area (Å²) in [5, 5.41) is 16.1. The van der Waals surface area contributed by atoms with Crippen LogP contribution in [-0.2, 0) is 24.5 Å². The van der Waals surface area contributed by atoms with Crippen molar-refractivity contribution in [3.8, 4) is 11.5 Å². The molecule has 1 amide bonds. The standard InChI is InChI=1S/C51H63N9O8S2/c1-34(2)42-6-3-4-7-43(42)45-8-5-19-59(45)39-29-51(30-39)16-20-58(21-17-51)38-13-14-44(47(27-38)68-40-26-36-15-18-52-48(36)54-32-40)50(61)57-70(65,66)41-28-46(60(62)63)49(55-33-41)53-31-35-9-11-37(12-10-35)56-69(64)24-22-67-23-25-69/h3-4,6-7,13-15,18,26-28,32-35,37,39,45H,5,8-12,16-17,19-25,29-31H2,1-2H3,(H,52,54)(H,53,55)(H,57,61)/t35?,37?,45-/m0/s1. The van der Waals surface area contributed by atoms with Crippen molar-refractivity contribution in [2.75, 3.05) is 61.1 Å². The van der Waals surface area contributed by atoms with Gasteiger partial charge in [0.25, 0.3) is 15.9 Å². The number of fused-ring (bicyclic) bond motifs is 1. The Labute approximate surface area is 409 Å². The predicted octanol–water partition coefficient (Wildman–Crippen LogP) is 8.96. The van der Waals surface area contributed by atoms with Crippen molar-refractivity contribution in [2.45, 2.75) is 107 Å². The largest absolute Gasteiger partial charge is 0.455 e. The topological polar surface area (TPSA) is 214 Å². The Morgan fingerprint density at radius 1 is 1.00 bits per heavy atom. The molecule has 2 aliphatic carbocycles. The maximum Gasteiger partial charge on any atom is 0.312 e. The summed E-state index contributed by atoms with van der Waals surface area (Å²) in [6, 6.07) is 19.7. The number of sulfonamides is 1. The minimum absolute atomic E-state index is 0.0107. The molecule has 5 aromatic rings. The molecule has 0 unspecified atom stereocenters. The van der Waals surface area contributed by atoms with Crippen LogP contribution in [0, 0.1) is 21.4 Å². The van der Waals surface area contributed by atoms with Gasteiger partial charge in [-0.2, -0.15) is 0 Å². The molecule has 372 valence electrons. The Morgan fingerprint density at radius 3 is 2.53 bits per heavy atom. The van der Waals surface area contributed by atoms with Crippen LogP contribution in [0.15, 0.2) is 88.5 Å². The number of piperidine rings is 1. The van der Waals surface area contributed by atoms with Gasteiger partial charge < -0.3 is 24.7 Å². The van der Waals surface area contributed by atoms with Crippen LogP contribution >= 0.6 is 0 Å². The Morgan fingerprint density at radius 2 is 1.77 bits per heavy atom. The first-order chi connectivity index (χ1) is 33.7. The second-order valence-electron chi connectivity index (χ2n) is 20.3. The van der Waals surface area contributed by atoms with Crippen LogP contribution in [0.4, 0.5) is 17.2 Å². The molecule has 17 nitrogen and oxygen atoms in total. The van der Waals surface area contributed by atoms with Crippen molar-refractivity contribution in [3.05, 3.63) is 106 Å². The molecule has 1 spiro atoms. The fraction of sp³-hybridized carbons (Fsp3) is 0.510. The van der Waals surface area contributed by atoms with Gasteiger partial charge in [-0.25, -0.2) is 31.7 Å². The highest BCUT2D eigenvalue weighted by atomic mass is 32.2. The Kier molecular flexibility index (Phi) is 13.6. The first-order valence-corrected chi connectivity index (χ1v) is 28.2. The number of nitrogens with one attached hydrogen (secondary N) is 3. The van der Waals surface area contributed by atoms with Gasteiger partial charge in [-0.05, 0) is 123 Å². The predicted molar refractivity (Wildman–Crippen MR) is 270 cm³/mol. The summed E-state index contributed by atoms with van der Waals surface area (Å²) in [5.74, 6) is 1.02. The van der Waals surface area contributed by atoms with E-state index in [0.717, 1.165) is 81.5 Å². The number of nitro groups is 1. The highest BCUT2D eigenvalue weighted by molar-refractivity contribution is 7.93. The number of anilines is 2. The van der Waals surface area contributed by atoms with Gasteiger partial charge in [0.05, 0.1) is 63.4 Å². The Bertz CT molecular complexity index is 2970. The monoisotopic (exact) mass is 993 g/mol. The number of aromatic nitrogens is 3. The average Bonchev–Trinajstić information content (AvgIpc) is 4.03. The van der Waals surface area contributed by atoms with E-state index in [4.69, 9.17) is 13.8 Å². The van der Waals surface area contributed by atoms with E-state index in [-0.39, 0.29) is 29.1 Å². The number of nitrogens with zero attached hydrogens (tertiary/aromatic N) is 6. The molecule has 10 rings (SSSR count). The maximum absolute atomic E-state index is 14.1. The number of carbonyl (C=O) groups excluding carboxylic acids is 1. The van der Waals surface area contributed by atoms with Crippen molar-refractivity contribution < 1.29 is 31.8 Å². The molecule has 0 radical (unpaired) electrons. The lowest BCUT2D eigenvalue weighted by molar-refractivity contribution is -0.384. The van der Waals surface area contributed by atoms with Crippen LogP contribution in [0.25, 0.3) is 11.0 Å². The third-order valence-electron chi connectivity index (χ3n) is 15.5. The molecule has 1 atom stereocenters. The number of hydrogen-bond donors (Lipinski definition) is 3. The lowest BCUT2D eigenvalue weighted by Crippen LogP contribution is -2.54. The molecule has 5 fully saturated rings. The third-order valence-corrected chi connectivity index (χ3v) is 19.1. The van der Waals surface area contributed by atoms with E-state index in [1.807, 2.05) is 12.1 Å². The van der Waals surface area contributed by atoms with Crippen molar-refractivity contribution in [2.24, 2.45) is 15.7 Å². The van der Waals surface area contributed by atoms with Crippen molar-refractivity contribution in [3.63, 3.8) is 0 Å². The molecule has 19 heteroatoms. The summed E-state index contributed by atoms with van der Waals surface area (Å²) in [5.41, 5.74) is 4.17. The number of pyridine rings is 2.